The molecule has 158 valence electrons. The van der Waals surface area contributed by atoms with Crippen LogP contribution in [0.3, 0.4) is 0 Å². The average molecular weight is 427 g/mol. The minimum Gasteiger partial charge on any atom is -0.483 e. The lowest BCUT2D eigenvalue weighted by molar-refractivity contribution is -0.138. The number of hydrogen-bond acceptors (Lipinski definition) is 3. The molecule has 0 unspecified atom stereocenters. The van der Waals surface area contributed by atoms with E-state index in [-0.39, 0.29) is 24.0 Å². The zero-order chi connectivity index (χ0) is 21.1. The van der Waals surface area contributed by atoms with Crippen molar-refractivity contribution < 1.29 is 14.3 Å². The lowest BCUT2D eigenvalue weighted by Crippen LogP contribution is -2.54. The topological polar surface area (TPSA) is 49.9 Å². The van der Waals surface area contributed by atoms with Gasteiger partial charge in [0, 0.05) is 36.6 Å². The van der Waals surface area contributed by atoms with Gasteiger partial charge in [-0.05, 0) is 55.5 Å². The summed E-state index contributed by atoms with van der Waals surface area (Å²) in [5, 5.41) is 0.652. The number of halogens is 1. The number of carbonyl (C=O) groups is 2. The summed E-state index contributed by atoms with van der Waals surface area (Å²) < 4.78 is 5.73. The molecule has 2 fully saturated rings. The molecule has 0 aromatic heterocycles. The van der Waals surface area contributed by atoms with E-state index in [0.717, 1.165) is 30.4 Å². The van der Waals surface area contributed by atoms with Gasteiger partial charge in [-0.15, -0.1) is 0 Å². The molecule has 0 bridgehead atoms. The van der Waals surface area contributed by atoms with Gasteiger partial charge in [0.25, 0.3) is 5.91 Å². The monoisotopic (exact) mass is 426 g/mol. The number of piperidine rings is 1. The number of hydrogen-bond donors (Lipinski definition) is 0. The maximum absolute atomic E-state index is 12.7. The zero-order valence-corrected chi connectivity index (χ0v) is 18.0. The highest BCUT2D eigenvalue weighted by Crippen LogP contribution is 2.40. The summed E-state index contributed by atoms with van der Waals surface area (Å²) in [7, 11) is 0. The fraction of sp³-hybridized carbons (Fsp3) is 0.417. The Hall–Kier alpha value is -2.53. The highest BCUT2D eigenvalue weighted by Gasteiger charge is 2.47. The molecule has 6 heteroatoms. The molecule has 2 saturated heterocycles. The second-order valence-electron chi connectivity index (χ2n) is 8.27. The molecule has 2 aliphatic rings. The van der Waals surface area contributed by atoms with Gasteiger partial charge in [-0.2, -0.15) is 0 Å². The minimum absolute atomic E-state index is 0.0156. The number of ether oxygens (including phenoxy) is 1. The summed E-state index contributed by atoms with van der Waals surface area (Å²) in [6, 6.07) is 15.5. The van der Waals surface area contributed by atoms with Crippen molar-refractivity contribution >= 4 is 23.4 Å². The number of benzene rings is 2. The largest absolute Gasteiger partial charge is 0.483 e. The summed E-state index contributed by atoms with van der Waals surface area (Å²) in [4.78, 5) is 29.2. The van der Waals surface area contributed by atoms with E-state index in [1.165, 1.54) is 0 Å². The van der Waals surface area contributed by atoms with Crippen molar-refractivity contribution in [2.24, 2.45) is 0 Å². The molecule has 0 atom stereocenters. The van der Waals surface area contributed by atoms with E-state index >= 15 is 0 Å². The van der Waals surface area contributed by atoms with Gasteiger partial charge in [0.2, 0.25) is 5.91 Å². The molecule has 30 heavy (non-hydrogen) atoms. The van der Waals surface area contributed by atoms with Crippen LogP contribution in [0.15, 0.2) is 48.5 Å². The molecule has 0 radical (unpaired) electrons. The Morgan fingerprint density at radius 1 is 1.10 bits per heavy atom. The van der Waals surface area contributed by atoms with Crippen molar-refractivity contribution in [2.75, 3.05) is 19.7 Å². The Morgan fingerprint density at radius 3 is 2.53 bits per heavy atom. The summed E-state index contributed by atoms with van der Waals surface area (Å²) in [5.74, 6) is 0.884. The van der Waals surface area contributed by atoms with E-state index in [9.17, 15) is 9.59 Å². The van der Waals surface area contributed by atoms with Crippen molar-refractivity contribution in [3.05, 3.63) is 64.7 Å². The standard InChI is InChI=1S/C24H27ClN2O3/c1-18-15-20(25)7-8-21(18)30-17-23(29)26-13-11-24(12-14-26)10-9-22(28)27(24)16-19-5-3-2-4-6-19/h2-8,15H,9-14,16-17H2,1H3. The highest BCUT2D eigenvalue weighted by atomic mass is 35.5. The van der Waals surface area contributed by atoms with Crippen LogP contribution in [-0.4, -0.2) is 46.8 Å². The number of nitrogens with zero attached hydrogens (tertiary/aromatic N) is 2. The van der Waals surface area contributed by atoms with Crippen LogP contribution in [0.1, 0.15) is 36.8 Å². The van der Waals surface area contributed by atoms with Crippen LogP contribution in [-0.2, 0) is 16.1 Å². The SMILES string of the molecule is Cc1cc(Cl)ccc1OCC(=O)N1CCC2(CCC(=O)N2Cc2ccccc2)CC1. The van der Waals surface area contributed by atoms with Gasteiger partial charge in [-0.25, -0.2) is 0 Å². The van der Waals surface area contributed by atoms with E-state index in [2.05, 4.69) is 17.0 Å². The third-order valence-corrected chi connectivity index (χ3v) is 6.63. The first-order valence-electron chi connectivity index (χ1n) is 10.5. The average Bonchev–Trinajstić information content (AvgIpc) is 3.04. The molecular formula is C24H27ClN2O3. The molecule has 1 spiro atoms. The van der Waals surface area contributed by atoms with Gasteiger partial charge in [0.15, 0.2) is 6.61 Å². The Morgan fingerprint density at radius 2 is 1.83 bits per heavy atom. The van der Waals surface area contributed by atoms with Crippen molar-refractivity contribution in [3.8, 4) is 5.75 Å². The van der Waals surface area contributed by atoms with Crippen molar-refractivity contribution in [1.29, 1.82) is 0 Å². The van der Waals surface area contributed by atoms with Gasteiger partial charge < -0.3 is 14.5 Å². The third kappa shape index (κ3) is 4.31. The van der Waals surface area contributed by atoms with Crippen LogP contribution in [0.25, 0.3) is 0 Å². The smallest absolute Gasteiger partial charge is 0.260 e. The lowest BCUT2D eigenvalue weighted by Gasteiger charge is -2.45. The van der Waals surface area contributed by atoms with E-state index in [0.29, 0.717) is 36.8 Å². The number of rotatable bonds is 5. The Kier molecular flexibility index (Phi) is 6.00. The highest BCUT2D eigenvalue weighted by molar-refractivity contribution is 6.30. The fourth-order valence-electron chi connectivity index (χ4n) is 4.59. The molecule has 0 N–H and O–H groups in total. The molecule has 0 aliphatic carbocycles. The van der Waals surface area contributed by atoms with Crippen LogP contribution in [0.5, 0.6) is 5.75 Å². The Bertz CT molecular complexity index is 923. The maximum atomic E-state index is 12.7. The lowest BCUT2D eigenvalue weighted by atomic mass is 9.84. The van der Waals surface area contributed by atoms with Crippen LogP contribution < -0.4 is 4.74 Å². The molecule has 4 rings (SSSR count). The minimum atomic E-state index is -0.128. The van der Waals surface area contributed by atoms with Gasteiger partial charge in [-0.3, -0.25) is 9.59 Å². The quantitative estimate of drug-likeness (QED) is 0.719. The van der Waals surface area contributed by atoms with Crippen molar-refractivity contribution in [2.45, 2.75) is 44.7 Å². The van der Waals surface area contributed by atoms with E-state index < -0.39 is 0 Å². The first-order valence-corrected chi connectivity index (χ1v) is 10.9. The second kappa shape index (κ2) is 8.68. The molecule has 0 saturated carbocycles. The van der Waals surface area contributed by atoms with Crippen LogP contribution in [0.4, 0.5) is 0 Å². The van der Waals surface area contributed by atoms with Crippen LogP contribution >= 0.6 is 11.6 Å². The molecule has 2 amide bonds. The van der Waals surface area contributed by atoms with Gasteiger partial charge in [0.05, 0.1) is 0 Å². The summed E-state index contributed by atoms with van der Waals surface area (Å²) in [5.41, 5.74) is 1.93. The maximum Gasteiger partial charge on any atom is 0.260 e. The van der Waals surface area contributed by atoms with Crippen molar-refractivity contribution in [3.63, 3.8) is 0 Å². The predicted octanol–water partition coefficient (Wildman–Crippen LogP) is 4.21. The first-order chi connectivity index (χ1) is 14.5. The number of likely N-dealkylation sites (tertiary alicyclic amines) is 2. The number of aryl methyl sites for hydroxylation is 1. The fourth-order valence-corrected chi connectivity index (χ4v) is 4.82. The van der Waals surface area contributed by atoms with Gasteiger partial charge >= 0.3 is 0 Å². The summed E-state index contributed by atoms with van der Waals surface area (Å²) >= 11 is 5.98. The summed E-state index contributed by atoms with van der Waals surface area (Å²) in [6.45, 7) is 3.88. The third-order valence-electron chi connectivity index (χ3n) is 6.40. The van der Waals surface area contributed by atoms with Crippen LogP contribution in [0, 0.1) is 6.92 Å². The normalized spacial score (nSPS) is 18.1. The molecule has 2 aliphatic heterocycles. The second-order valence-corrected chi connectivity index (χ2v) is 8.71. The number of amides is 2. The van der Waals surface area contributed by atoms with Gasteiger partial charge in [0.1, 0.15) is 5.75 Å². The Labute approximate surface area is 182 Å². The van der Waals surface area contributed by atoms with E-state index in [1.807, 2.05) is 36.1 Å². The Balaban J connectivity index is 1.35. The number of carbonyl (C=O) groups excluding carboxylic acids is 2. The van der Waals surface area contributed by atoms with E-state index in [1.54, 1.807) is 12.1 Å². The van der Waals surface area contributed by atoms with Crippen LogP contribution in [0.2, 0.25) is 5.02 Å². The zero-order valence-electron chi connectivity index (χ0n) is 17.3. The first kappa shape index (κ1) is 20.7. The molecule has 5 nitrogen and oxygen atoms in total. The van der Waals surface area contributed by atoms with Crippen molar-refractivity contribution in [1.82, 2.24) is 9.80 Å². The van der Waals surface area contributed by atoms with E-state index in [4.69, 9.17) is 16.3 Å². The molecule has 2 aromatic rings. The van der Waals surface area contributed by atoms with Gasteiger partial charge in [-0.1, -0.05) is 41.9 Å². The molecule has 2 aromatic carbocycles. The molecular weight excluding hydrogens is 400 g/mol. The molecule has 2 heterocycles. The summed E-state index contributed by atoms with van der Waals surface area (Å²) in [6.07, 6.45) is 3.11. The predicted molar refractivity (Wildman–Crippen MR) is 116 cm³/mol.